The van der Waals surface area contributed by atoms with Crippen molar-refractivity contribution in [2.75, 3.05) is 11.2 Å². The van der Waals surface area contributed by atoms with E-state index in [1.165, 1.54) is 10.6 Å². The van der Waals surface area contributed by atoms with Crippen LogP contribution in [-0.4, -0.2) is 19.5 Å². The van der Waals surface area contributed by atoms with Crippen LogP contribution in [-0.2, 0) is 7.05 Å². The van der Waals surface area contributed by atoms with E-state index in [2.05, 4.69) is 20.4 Å². The van der Waals surface area contributed by atoms with Gasteiger partial charge in [-0.15, -0.1) is 0 Å². The lowest BCUT2D eigenvalue weighted by Crippen LogP contribution is -2.16. The van der Waals surface area contributed by atoms with Crippen molar-refractivity contribution < 1.29 is 0 Å². The van der Waals surface area contributed by atoms with Crippen LogP contribution in [0.3, 0.4) is 0 Å². The molecule has 0 unspecified atom stereocenters. The Bertz CT molecular complexity index is 905. The van der Waals surface area contributed by atoms with Crippen LogP contribution in [0, 0.1) is 0 Å². The molecule has 3 aromatic rings. The summed E-state index contributed by atoms with van der Waals surface area (Å²) >= 11 is 0. The van der Waals surface area contributed by atoms with E-state index < -0.39 is 0 Å². The Hall–Kier alpha value is -3.26. The van der Waals surface area contributed by atoms with Gasteiger partial charge in [0.05, 0.1) is 11.3 Å². The number of hydrogen-bond acceptors (Lipinski definition) is 7. The normalized spacial score (nSPS) is 10.5. The minimum absolute atomic E-state index is 0.0613. The fourth-order valence-corrected chi connectivity index (χ4v) is 2.25. The molecule has 0 aliphatic rings. The number of hydrazine groups is 1. The summed E-state index contributed by atoms with van der Waals surface area (Å²) < 4.78 is 1.47. The highest BCUT2D eigenvalue weighted by Crippen LogP contribution is 2.34. The summed E-state index contributed by atoms with van der Waals surface area (Å²) in [4.78, 5) is 24.6. The third-order valence-electron chi connectivity index (χ3n) is 3.36. The zero-order valence-corrected chi connectivity index (χ0v) is 12.4. The van der Waals surface area contributed by atoms with E-state index in [-0.39, 0.29) is 11.5 Å². The second-order valence-electron chi connectivity index (χ2n) is 4.88. The van der Waals surface area contributed by atoms with E-state index in [9.17, 15) is 4.79 Å². The quantitative estimate of drug-likeness (QED) is 0.482. The summed E-state index contributed by atoms with van der Waals surface area (Å²) in [5, 5.41) is 0. The monoisotopic (exact) mass is 309 g/mol. The standard InChI is InChI=1S/C15H15N7O/c1-22-7-5-9(8-11(22)23)12-13(10-4-2-3-6-18-10)19-15(16)20-14(12)21-17/h2-8H,17H2,1H3,(H3,16,19,20,21). The summed E-state index contributed by atoms with van der Waals surface area (Å²) in [5.74, 6) is 5.96. The first kappa shape index (κ1) is 14.7. The van der Waals surface area contributed by atoms with Gasteiger partial charge in [-0.3, -0.25) is 9.78 Å². The summed E-state index contributed by atoms with van der Waals surface area (Å²) in [5.41, 5.74) is 10.4. The van der Waals surface area contributed by atoms with Crippen molar-refractivity contribution in [1.82, 2.24) is 19.5 Å². The molecule has 3 aromatic heterocycles. The molecular formula is C15H15N7O. The van der Waals surface area contributed by atoms with Crippen LogP contribution in [0.5, 0.6) is 0 Å². The van der Waals surface area contributed by atoms with Crippen molar-refractivity contribution >= 4 is 11.8 Å². The highest BCUT2D eigenvalue weighted by Gasteiger charge is 2.18. The molecule has 0 amide bonds. The van der Waals surface area contributed by atoms with Gasteiger partial charge in [0.2, 0.25) is 5.95 Å². The first-order valence-electron chi connectivity index (χ1n) is 6.82. The number of rotatable bonds is 3. The number of anilines is 2. The third-order valence-corrected chi connectivity index (χ3v) is 3.36. The van der Waals surface area contributed by atoms with E-state index in [0.29, 0.717) is 28.3 Å². The van der Waals surface area contributed by atoms with Crippen LogP contribution < -0.4 is 22.6 Å². The van der Waals surface area contributed by atoms with Crippen molar-refractivity contribution in [3.8, 4) is 22.5 Å². The summed E-state index contributed by atoms with van der Waals surface area (Å²) in [7, 11) is 1.67. The lowest BCUT2D eigenvalue weighted by Gasteiger charge is -2.13. The van der Waals surface area contributed by atoms with Crippen LogP contribution >= 0.6 is 0 Å². The molecule has 116 valence electrons. The second-order valence-corrected chi connectivity index (χ2v) is 4.88. The van der Waals surface area contributed by atoms with Gasteiger partial charge in [0.15, 0.2) is 5.82 Å². The summed E-state index contributed by atoms with van der Waals surface area (Å²) in [6.07, 6.45) is 3.31. The van der Waals surface area contributed by atoms with E-state index in [1.54, 1.807) is 37.6 Å². The van der Waals surface area contributed by atoms with Crippen LogP contribution in [0.2, 0.25) is 0 Å². The molecule has 8 heteroatoms. The van der Waals surface area contributed by atoms with Gasteiger partial charge in [0.25, 0.3) is 5.56 Å². The fourth-order valence-electron chi connectivity index (χ4n) is 2.25. The van der Waals surface area contributed by atoms with Crippen molar-refractivity contribution in [2.24, 2.45) is 12.9 Å². The highest BCUT2D eigenvalue weighted by atomic mass is 16.1. The van der Waals surface area contributed by atoms with Crippen LogP contribution in [0.25, 0.3) is 22.5 Å². The molecule has 0 radical (unpaired) electrons. The predicted molar refractivity (Wildman–Crippen MR) is 88.2 cm³/mol. The molecule has 0 fully saturated rings. The number of nitrogens with two attached hydrogens (primary N) is 2. The van der Waals surface area contributed by atoms with Crippen LogP contribution in [0.4, 0.5) is 11.8 Å². The molecule has 0 saturated carbocycles. The maximum atomic E-state index is 12.0. The number of nitrogens with one attached hydrogen (secondary N) is 1. The molecular weight excluding hydrogens is 294 g/mol. The maximum Gasteiger partial charge on any atom is 0.250 e. The number of nitrogen functional groups attached to an aromatic ring is 2. The lowest BCUT2D eigenvalue weighted by atomic mass is 10.0. The van der Waals surface area contributed by atoms with Gasteiger partial charge in [-0.2, -0.15) is 4.98 Å². The third kappa shape index (κ3) is 2.74. The van der Waals surface area contributed by atoms with Crippen molar-refractivity contribution in [2.45, 2.75) is 0 Å². The first-order chi connectivity index (χ1) is 11.1. The number of aryl methyl sites for hydroxylation is 1. The van der Waals surface area contributed by atoms with Crippen LogP contribution in [0.15, 0.2) is 47.5 Å². The Morgan fingerprint density at radius 2 is 2.04 bits per heavy atom. The van der Waals surface area contributed by atoms with E-state index in [0.717, 1.165) is 0 Å². The van der Waals surface area contributed by atoms with Gasteiger partial charge >= 0.3 is 0 Å². The van der Waals surface area contributed by atoms with Crippen molar-refractivity contribution in [3.63, 3.8) is 0 Å². The molecule has 0 atom stereocenters. The average Bonchev–Trinajstić information content (AvgIpc) is 2.57. The smallest absolute Gasteiger partial charge is 0.250 e. The number of nitrogens with zero attached hydrogens (tertiary/aromatic N) is 4. The van der Waals surface area contributed by atoms with E-state index >= 15 is 0 Å². The topological polar surface area (TPSA) is 125 Å². The molecule has 23 heavy (non-hydrogen) atoms. The SMILES string of the molecule is Cn1ccc(-c2c(NN)nc(N)nc2-c2ccccn2)cc1=O. The van der Waals surface area contributed by atoms with Gasteiger partial charge in [-0.05, 0) is 23.8 Å². The Morgan fingerprint density at radius 3 is 2.70 bits per heavy atom. The highest BCUT2D eigenvalue weighted by molar-refractivity contribution is 5.87. The molecule has 0 spiro atoms. The lowest BCUT2D eigenvalue weighted by molar-refractivity contribution is 0.861. The second kappa shape index (κ2) is 5.85. The number of hydrogen-bond donors (Lipinski definition) is 3. The molecule has 8 nitrogen and oxygen atoms in total. The maximum absolute atomic E-state index is 12.0. The van der Waals surface area contributed by atoms with Crippen LogP contribution in [0.1, 0.15) is 0 Å². The van der Waals surface area contributed by atoms with Crippen molar-refractivity contribution in [1.29, 1.82) is 0 Å². The molecule has 0 aromatic carbocycles. The molecule has 0 saturated heterocycles. The number of aromatic nitrogens is 4. The van der Waals surface area contributed by atoms with Gasteiger partial charge in [-0.1, -0.05) is 6.07 Å². The van der Waals surface area contributed by atoms with Gasteiger partial charge in [0.1, 0.15) is 5.69 Å². The summed E-state index contributed by atoms with van der Waals surface area (Å²) in [6.45, 7) is 0. The molecule has 0 aliphatic heterocycles. The Labute approximate surface area is 131 Å². The number of pyridine rings is 2. The predicted octanol–water partition coefficient (Wildman–Crippen LogP) is 0.772. The minimum Gasteiger partial charge on any atom is -0.368 e. The zero-order valence-electron chi connectivity index (χ0n) is 12.4. The van der Waals surface area contributed by atoms with Gasteiger partial charge in [0, 0.05) is 25.5 Å². The van der Waals surface area contributed by atoms with E-state index in [4.69, 9.17) is 11.6 Å². The molecule has 0 bridgehead atoms. The van der Waals surface area contributed by atoms with Crippen molar-refractivity contribution in [3.05, 3.63) is 53.1 Å². The zero-order chi connectivity index (χ0) is 16.4. The largest absolute Gasteiger partial charge is 0.368 e. The first-order valence-corrected chi connectivity index (χ1v) is 6.82. The van der Waals surface area contributed by atoms with E-state index in [1.807, 2.05) is 6.07 Å². The Balaban J connectivity index is 2.33. The Kier molecular flexibility index (Phi) is 3.73. The fraction of sp³-hybridized carbons (Fsp3) is 0.0667. The molecule has 3 heterocycles. The summed E-state index contributed by atoms with van der Waals surface area (Å²) in [6, 6.07) is 8.70. The van der Waals surface area contributed by atoms with Gasteiger partial charge in [-0.25, -0.2) is 10.8 Å². The molecule has 0 aliphatic carbocycles. The molecule has 3 rings (SSSR count). The van der Waals surface area contributed by atoms with Gasteiger partial charge < -0.3 is 15.7 Å². The minimum atomic E-state index is -0.158. The molecule has 5 N–H and O–H groups in total. The Morgan fingerprint density at radius 1 is 1.22 bits per heavy atom. The average molecular weight is 309 g/mol.